The lowest BCUT2D eigenvalue weighted by Gasteiger charge is -2.18. The molecule has 0 unspecified atom stereocenters. The summed E-state index contributed by atoms with van der Waals surface area (Å²) in [6.45, 7) is 3.01. The number of nitrogens with zero attached hydrogens (tertiary/aromatic N) is 4. The molecule has 31 heavy (non-hydrogen) atoms. The molecular formula is C20H25ClF3N5O2. The zero-order chi connectivity index (χ0) is 21.9. The van der Waals surface area contributed by atoms with Gasteiger partial charge in [0.1, 0.15) is 11.6 Å². The first kappa shape index (κ1) is 24.5. The number of likely N-dealkylation sites (tertiary alicyclic amines) is 1. The number of rotatable bonds is 6. The van der Waals surface area contributed by atoms with Crippen LogP contribution in [0, 0.1) is 6.92 Å². The highest BCUT2D eigenvalue weighted by molar-refractivity contribution is 5.85. The first-order valence-corrected chi connectivity index (χ1v) is 9.51. The smallest absolute Gasteiger partial charge is 0.406 e. The summed E-state index contributed by atoms with van der Waals surface area (Å²) in [5.74, 6) is 0.939. The van der Waals surface area contributed by atoms with E-state index in [1.165, 1.54) is 24.3 Å². The number of amides is 1. The van der Waals surface area contributed by atoms with Crippen molar-refractivity contribution in [2.45, 2.75) is 32.2 Å². The number of alkyl halides is 3. The van der Waals surface area contributed by atoms with Gasteiger partial charge in [-0.05, 0) is 31.0 Å². The molecule has 1 aromatic carbocycles. The maximum Gasteiger partial charge on any atom is 0.573 e. The van der Waals surface area contributed by atoms with Crippen LogP contribution in [0.15, 0.2) is 30.3 Å². The Labute approximate surface area is 185 Å². The molecule has 2 heterocycles. The van der Waals surface area contributed by atoms with Crippen LogP contribution in [-0.2, 0) is 11.2 Å². The van der Waals surface area contributed by atoms with Gasteiger partial charge >= 0.3 is 6.36 Å². The van der Waals surface area contributed by atoms with Gasteiger partial charge in [-0.15, -0.1) is 25.6 Å². The van der Waals surface area contributed by atoms with Crippen molar-refractivity contribution in [1.82, 2.24) is 14.9 Å². The van der Waals surface area contributed by atoms with Gasteiger partial charge < -0.3 is 19.9 Å². The summed E-state index contributed by atoms with van der Waals surface area (Å²) in [6.07, 6.45) is -3.85. The van der Waals surface area contributed by atoms with Gasteiger partial charge in [0.05, 0.1) is 6.42 Å². The van der Waals surface area contributed by atoms with E-state index in [9.17, 15) is 18.0 Å². The van der Waals surface area contributed by atoms with Gasteiger partial charge in [-0.2, -0.15) is 4.98 Å². The first-order valence-electron chi connectivity index (χ1n) is 9.51. The molecule has 1 atom stereocenters. The van der Waals surface area contributed by atoms with Crippen molar-refractivity contribution in [3.05, 3.63) is 41.6 Å². The van der Waals surface area contributed by atoms with Crippen molar-refractivity contribution in [2.24, 2.45) is 0 Å². The van der Waals surface area contributed by atoms with Gasteiger partial charge in [-0.1, -0.05) is 12.1 Å². The van der Waals surface area contributed by atoms with E-state index >= 15 is 0 Å². The van der Waals surface area contributed by atoms with Crippen molar-refractivity contribution in [1.29, 1.82) is 0 Å². The minimum atomic E-state index is -4.73. The quantitative estimate of drug-likeness (QED) is 0.713. The SMILES string of the molecule is Cc1cc(N(C)C)nc(N[C@H]2CCN(C(=O)Cc3ccc(OC(F)(F)F)cc3)C2)n1.Cl. The second-order valence-corrected chi connectivity index (χ2v) is 7.42. The molecule has 1 N–H and O–H groups in total. The van der Waals surface area contributed by atoms with Gasteiger partial charge in [-0.3, -0.25) is 4.79 Å². The van der Waals surface area contributed by atoms with Crippen molar-refractivity contribution in [2.75, 3.05) is 37.4 Å². The van der Waals surface area contributed by atoms with E-state index in [1.54, 1.807) is 4.90 Å². The van der Waals surface area contributed by atoms with Gasteiger partial charge in [0.2, 0.25) is 11.9 Å². The zero-order valence-corrected chi connectivity index (χ0v) is 18.3. The van der Waals surface area contributed by atoms with E-state index < -0.39 is 6.36 Å². The Bertz CT molecular complexity index is 893. The number of hydrogen-bond donors (Lipinski definition) is 1. The molecule has 2 aromatic rings. The van der Waals surface area contributed by atoms with Gasteiger partial charge in [0.25, 0.3) is 0 Å². The fourth-order valence-electron chi connectivity index (χ4n) is 3.23. The molecule has 1 aliphatic heterocycles. The molecule has 0 saturated carbocycles. The molecule has 0 bridgehead atoms. The Morgan fingerprint density at radius 3 is 2.55 bits per heavy atom. The summed E-state index contributed by atoms with van der Waals surface area (Å²) in [5, 5.41) is 3.29. The summed E-state index contributed by atoms with van der Waals surface area (Å²) in [4.78, 5) is 25.1. The molecule has 1 fully saturated rings. The van der Waals surface area contributed by atoms with Crippen molar-refractivity contribution in [3.8, 4) is 5.75 Å². The Balaban J connectivity index is 0.00000341. The molecule has 0 spiro atoms. The second kappa shape index (κ2) is 10.0. The molecule has 170 valence electrons. The Kier molecular flexibility index (Phi) is 7.94. The minimum Gasteiger partial charge on any atom is -0.406 e. The summed E-state index contributed by atoms with van der Waals surface area (Å²) in [6, 6.07) is 7.28. The topological polar surface area (TPSA) is 70.6 Å². The number of anilines is 2. The normalized spacial score (nSPS) is 15.9. The zero-order valence-electron chi connectivity index (χ0n) is 17.4. The minimum absolute atomic E-state index is 0. The predicted octanol–water partition coefficient (Wildman–Crippen LogP) is 3.43. The van der Waals surface area contributed by atoms with Crippen LogP contribution >= 0.6 is 12.4 Å². The van der Waals surface area contributed by atoms with Crippen molar-refractivity contribution >= 4 is 30.1 Å². The Morgan fingerprint density at radius 2 is 1.94 bits per heavy atom. The lowest BCUT2D eigenvalue weighted by Crippen LogP contribution is -2.33. The van der Waals surface area contributed by atoms with Crippen molar-refractivity contribution in [3.63, 3.8) is 0 Å². The summed E-state index contributed by atoms with van der Waals surface area (Å²) in [5.41, 5.74) is 1.48. The Hall–Kier alpha value is -2.75. The van der Waals surface area contributed by atoms with Gasteiger partial charge in [0.15, 0.2) is 0 Å². The highest BCUT2D eigenvalue weighted by Gasteiger charge is 2.31. The monoisotopic (exact) mass is 459 g/mol. The molecule has 7 nitrogen and oxygen atoms in total. The van der Waals surface area contributed by atoms with Crippen LogP contribution in [0.3, 0.4) is 0 Å². The molecule has 0 aliphatic carbocycles. The maximum absolute atomic E-state index is 12.6. The van der Waals surface area contributed by atoms with E-state index in [0.717, 1.165) is 17.9 Å². The fourth-order valence-corrected chi connectivity index (χ4v) is 3.23. The number of aryl methyl sites for hydroxylation is 1. The summed E-state index contributed by atoms with van der Waals surface area (Å²) < 4.78 is 40.5. The third-order valence-corrected chi connectivity index (χ3v) is 4.69. The van der Waals surface area contributed by atoms with Gasteiger partial charge in [-0.25, -0.2) is 4.98 Å². The van der Waals surface area contributed by atoms with Crippen LogP contribution in [0.25, 0.3) is 0 Å². The second-order valence-electron chi connectivity index (χ2n) is 7.42. The van der Waals surface area contributed by atoms with Crippen LogP contribution in [0.2, 0.25) is 0 Å². The first-order chi connectivity index (χ1) is 14.1. The number of ether oxygens (including phenoxy) is 1. The number of hydrogen-bond acceptors (Lipinski definition) is 6. The highest BCUT2D eigenvalue weighted by atomic mass is 35.5. The average Bonchev–Trinajstić information content (AvgIpc) is 3.10. The lowest BCUT2D eigenvalue weighted by atomic mass is 10.1. The van der Waals surface area contributed by atoms with Crippen LogP contribution in [0.1, 0.15) is 17.7 Å². The molecule has 1 aliphatic rings. The average molecular weight is 460 g/mol. The largest absolute Gasteiger partial charge is 0.573 e. The van der Waals surface area contributed by atoms with E-state index in [4.69, 9.17) is 0 Å². The molecule has 11 heteroatoms. The predicted molar refractivity (Wildman–Crippen MR) is 114 cm³/mol. The van der Waals surface area contributed by atoms with Gasteiger partial charge in [0, 0.05) is 45.0 Å². The summed E-state index contributed by atoms with van der Waals surface area (Å²) in [7, 11) is 3.81. The number of carbonyl (C=O) groups excluding carboxylic acids is 1. The molecule has 1 amide bonds. The van der Waals surface area contributed by atoms with E-state index in [-0.39, 0.29) is 36.5 Å². The van der Waals surface area contributed by atoms with Crippen LogP contribution in [0.4, 0.5) is 24.9 Å². The third-order valence-electron chi connectivity index (χ3n) is 4.69. The highest BCUT2D eigenvalue weighted by Crippen LogP contribution is 2.23. The number of halogens is 4. The standard InChI is InChI=1S/C20H24F3N5O2.ClH/c1-13-10-17(27(2)3)26-19(24-13)25-15-8-9-28(12-15)18(29)11-14-4-6-16(7-5-14)30-20(21,22)23;/h4-7,10,15H,8-9,11-12H2,1-3H3,(H,24,25,26);1H/t15-;/m0./s1. The number of aromatic nitrogens is 2. The van der Waals surface area contributed by atoms with Crippen LogP contribution in [0.5, 0.6) is 5.75 Å². The molecule has 3 rings (SSSR count). The summed E-state index contributed by atoms with van der Waals surface area (Å²) >= 11 is 0. The number of carbonyl (C=O) groups is 1. The van der Waals surface area contributed by atoms with E-state index in [1.807, 2.05) is 32.0 Å². The van der Waals surface area contributed by atoms with Crippen molar-refractivity contribution < 1.29 is 22.7 Å². The molecule has 1 saturated heterocycles. The molecular weight excluding hydrogens is 435 g/mol. The number of benzene rings is 1. The van der Waals surface area contributed by atoms with Crippen LogP contribution in [-0.4, -0.2) is 60.4 Å². The fraction of sp³-hybridized carbons (Fsp3) is 0.450. The number of nitrogens with one attached hydrogen (secondary N) is 1. The lowest BCUT2D eigenvalue weighted by molar-refractivity contribution is -0.274. The van der Waals surface area contributed by atoms with E-state index in [2.05, 4.69) is 20.0 Å². The molecule has 0 radical (unpaired) electrons. The molecule has 1 aromatic heterocycles. The maximum atomic E-state index is 12.6. The Morgan fingerprint density at radius 1 is 1.26 bits per heavy atom. The van der Waals surface area contributed by atoms with Crippen LogP contribution < -0.4 is 15.0 Å². The third kappa shape index (κ3) is 7.16. The van der Waals surface area contributed by atoms with E-state index in [0.29, 0.717) is 24.6 Å².